The fourth-order valence-electron chi connectivity index (χ4n) is 4.11. The minimum Gasteiger partial charge on any atom is -0.391 e. The Morgan fingerprint density at radius 3 is 2.62 bits per heavy atom. The molecule has 2 aromatic carbocycles. The van der Waals surface area contributed by atoms with Gasteiger partial charge in [-0.25, -0.2) is 9.37 Å². The Bertz CT molecular complexity index is 1210. The molecule has 1 fully saturated rings. The zero-order valence-electron chi connectivity index (χ0n) is 17.3. The molecule has 0 radical (unpaired) electrons. The molecule has 5 rings (SSSR count). The molecule has 7 heteroatoms. The van der Waals surface area contributed by atoms with Crippen LogP contribution in [0.2, 0.25) is 0 Å². The molecule has 1 amide bonds. The molecule has 5 nitrogen and oxygen atoms in total. The number of aliphatic hydroxyl groups is 1. The van der Waals surface area contributed by atoms with Crippen molar-refractivity contribution in [2.45, 2.75) is 29.2 Å². The van der Waals surface area contributed by atoms with Gasteiger partial charge in [-0.15, -0.1) is 11.8 Å². The second-order valence-corrected chi connectivity index (χ2v) is 8.97. The van der Waals surface area contributed by atoms with Gasteiger partial charge < -0.3 is 14.4 Å². The van der Waals surface area contributed by atoms with E-state index < -0.39 is 6.10 Å². The summed E-state index contributed by atoms with van der Waals surface area (Å²) in [5.74, 6) is 0.287. The van der Waals surface area contributed by atoms with Crippen LogP contribution in [0.3, 0.4) is 0 Å². The Morgan fingerprint density at radius 1 is 1.09 bits per heavy atom. The monoisotopic (exact) mass is 447 g/mol. The highest BCUT2D eigenvalue weighted by Crippen LogP contribution is 2.34. The number of pyridine rings is 1. The maximum absolute atomic E-state index is 13.3. The summed E-state index contributed by atoms with van der Waals surface area (Å²) >= 11 is 1.66. The number of carbonyl (C=O) groups is 1. The number of aromatic nitrogens is 2. The largest absolute Gasteiger partial charge is 0.391 e. The molecular weight excluding hydrogens is 425 g/mol. The first-order valence-electron chi connectivity index (χ1n) is 10.5. The zero-order valence-corrected chi connectivity index (χ0v) is 18.1. The van der Waals surface area contributed by atoms with Crippen molar-refractivity contribution in [2.75, 3.05) is 6.54 Å². The number of rotatable bonds is 5. The molecule has 1 aliphatic rings. The number of fused-ring (bicyclic) bond motifs is 1. The van der Waals surface area contributed by atoms with E-state index in [1.807, 2.05) is 59.3 Å². The molecule has 1 saturated heterocycles. The lowest BCUT2D eigenvalue weighted by Crippen LogP contribution is -2.31. The van der Waals surface area contributed by atoms with Crippen molar-refractivity contribution >= 4 is 23.3 Å². The molecule has 4 aromatic rings. The molecule has 1 N–H and O–H groups in total. The Kier molecular flexibility index (Phi) is 5.68. The number of aliphatic hydroxyl groups excluding tert-OH is 1. The standard InChI is InChI=1S/C25H22FN3O2S/c26-19-8-4-17(5-9-19)23-13-21(30)15-29(23)25(31)18-6-10-22(11-7-18)32-16-20-14-28-12-2-1-3-24(28)27-20/h1-12,14,21,23,30H,13,15-16H2/t21-,23+/m1/s1. The fourth-order valence-corrected chi connectivity index (χ4v) is 4.89. The van der Waals surface area contributed by atoms with Crippen LogP contribution < -0.4 is 0 Å². The predicted molar refractivity (Wildman–Crippen MR) is 122 cm³/mol. The molecule has 0 unspecified atom stereocenters. The molecule has 0 spiro atoms. The highest BCUT2D eigenvalue weighted by atomic mass is 32.2. The van der Waals surface area contributed by atoms with E-state index in [-0.39, 0.29) is 24.3 Å². The number of benzene rings is 2. The predicted octanol–water partition coefficient (Wildman–Crippen LogP) is 4.71. The Hall–Kier alpha value is -3.16. The molecule has 2 aromatic heterocycles. The van der Waals surface area contributed by atoms with Crippen LogP contribution in [0, 0.1) is 5.82 Å². The second-order valence-electron chi connectivity index (χ2n) is 7.93. The van der Waals surface area contributed by atoms with Gasteiger partial charge in [0.1, 0.15) is 11.5 Å². The summed E-state index contributed by atoms with van der Waals surface area (Å²) in [6.07, 6.45) is 3.86. The SMILES string of the molecule is O=C(c1ccc(SCc2cn3ccccc3n2)cc1)N1C[C@H](O)C[C@H]1c1ccc(F)cc1. The lowest BCUT2D eigenvalue weighted by molar-refractivity contribution is 0.0715. The van der Waals surface area contributed by atoms with Crippen LogP contribution in [-0.2, 0) is 5.75 Å². The number of halogens is 1. The summed E-state index contributed by atoms with van der Waals surface area (Å²) in [4.78, 5) is 20.5. The number of carbonyl (C=O) groups excluding carboxylic acids is 1. The van der Waals surface area contributed by atoms with Crippen LogP contribution in [0.1, 0.15) is 34.1 Å². The first kappa shape index (κ1) is 20.7. The van der Waals surface area contributed by atoms with Crippen molar-refractivity contribution < 1.29 is 14.3 Å². The van der Waals surface area contributed by atoms with Gasteiger partial charge in [0.15, 0.2) is 0 Å². The van der Waals surface area contributed by atoms with E-state index in [0.29, 0.717) is 12.0 Å². The van der Waals surface area contributed by atoms with Gasteiger partial charge in [0.2, 0.25) is 0 Å². The van der Waals surface area contributed by atoms with E-state index in [9.17, 15) is 14.3 Å². The number of likely N-dealkylation sites (tertiary alicyclic amines) is 1. The van der Waals surface area contributed by atoms with Crippen LogP contribution in [-0.4, -0.2) is 37.9 Å². The summed E-state index contributed by atoms with van der Waals surface area (Å²) < 4.78 is 15.3. The van der Waals surface area contributed by atoms with Crippen LogP contribution in [0.4, 0.5) is 4.39 Å². The minimum absolute atomic E-state index is 0.132. The van der Waals surface area contributed by atoms with Gasteiger partial charge in [0.25, 0.3) is 5.91 Å². The van der Waals surface area contributed by atoms with Crippen molar-refractivity contribution in [3.8, 4) is 0 Å². The van der Waals surface area contributed by atoms with E-state index in [4.69, 9.17) is 0 Å². The van der Waals surface area contributed by atoms with Gasteiger partial charge in [0, 0.05) is 35.2 Å². The number of amides is 1. The zero-order chi connectivity index (χ0) is 22.1. The number of thioether (sulfide) groups is 1. The second kappa shape index (κ2) is 8.76. The topological polar surface area (TPSA) is 57.8 Å². The Labute approximate surface area is 189 Å². The molecule has 1 aliphatic heterocycles. The highest BCUT2D eigenvalue weighted by Gasteiger charge is 2.35. The highest BCUT2D eigenvalue weighted by molar-refractivity contribution is 7.98. The third kappa shape index (κ3) is 4.26. The van der Waals surface area contributed by atoms with Crippen LogP contribution in [0.25, 0.3) is 5.65 Å². The van der Waals surface area contributed by atoms with Crippen LogP contribution in [0.5, 0.6) is 0 Å². The summed E-state index contributed by atoms with van der Waals surface area (Å²) in [5.41, 5.74) is 3.32. The number of hydrogen-bond donors (Lipinski definition) is 1. The maximum Gasteiger partial charge on any atom is 0.254 e. The first-order chi connectivity index (χ1) is 15.6. The van der Waals surface area contributed by atoms with Crippen molar-refractivity contribution in [1.29, 1.82) is 0 Å². The smallest absolute Gasteiger partial charge is 0.254 e. The molecule has 162 valence electrons. The molecule has 0 bridgehead atoms. The van der Waals surface area contributed by atoms with E-state index in [1.54, 1.807) is 28.8 Å². The average Bonchev–Trinajstić information content (AvgIpc) is 3.41. The van der Waals surface area contributed by atoms with E-state index in [2.05, 4.69) is 4.98 Å². The summed E-state index contributed by atoms with van der Waals surface area (Å²) in [6.45, 7) is 0.269. The van der Waals surface area contributed by atoms with Crippen molar-refractivity contribution in [3.63, 3.8) is 0 Å². The summed E-state index contributed by atoms with van der Waals surface area (Å²) in [7, 11) is 0. The van der Waals surface area contributed by atoms with Crippen molar-refractivity contribution in [1.82, 2.24) is 14.3 Å². The van der Waals surface area contributed by atoms with Gasteiger partial charge >= 0.3 is 0 Å². The minimum atomic E-state index is -0.589. The van der Waals surface area contributed by atoms with Crippen LogP contribution in [0.15, 0.2) is 84.0 Å². The van der Waals surface area contributed by atoms with Gasteiger partial charge in [-0.2, -0.15) is 0 Å². The maximum atomic E-state index is 13.3. The normalized spacial score (nSPS) is 18.4. The summed E-state index contributed by atoms with van der Waals surface area (Å²) in [5, 5.41) is 10.2. The van der Waals surface area contributed by atoms with E-state index >= 15 is 0 Å². The fraction of sp³-hybridized carbons (Fsp3) is 0.200. The lowest BCUT2D eigenvalue weighted by Gasteiger charge is -2.25. The summed E-state index contributed by atoms with van der Waals surface area (Å²) in [6, 6.07) is 19.3. The van der Waals surface area contributed by atoms with Crippen LogP contribution >= 0.6 is 11.8 Å². The molecule has 0 saturated carbocycles. The number of nitrogens with zero attached hydrogens (tertiary/aromatic N) is 3. The first-order valence-corrected chi connectivity index (χ1v) is 11.5. The Morgan fingerprint density at radius 2 is 1.88 bits per heavy atom. The quantitative estimate of drug-likeness (QED) is 0.450. The van der Waals surface area contributed by atoms with Gasteiger partial charge in [0.05, 0.1) is 17.8 Å². The third-order valence-corrected chi connectivity index (χ3v) is 6.74. The van der Waals surface area contributed by atoms with Gasteiger partial charge in [-0.1, -0.05) is 18.2 Å². The van der Waals surface area contributed by atoms with Crippen molar-refractivity contribution in [2.24, 2.45) is 0 Å². The van der Waals surface area contributed by atoms with E-state index in [0.717, 1.165) is 27.6 Å². The number of imidazole rings is 1. The molecule has 2 atom stereocenters. The average molecular weight is 448 g/mol. The van der Waals surface area contributed by atoms with E-state index in [1.165, 1.54) is 12.1 Å². The Balaban J connectivity index is 1.27. The number of hydrogen-bond acceptors (Lipinski definition) is 4. The van der Waals surface area contributed by atoms with Gasteiger partial charge in [-0.3, -0.25) is 4.79 Å². The molecule has 0 aliphatic carbocycles. The van der Waals surface area contributed by atoms with Gasteiger partial charge in [-0.05, 0) is 60.5 Å². The molecular formula is C25H22FN3O2S. The number of β-amino-alcohol motifs (C(OH)–C–C–N with tert-alkyl or cyclic N) is 1. The molecule has 32 heavy (non-hydrogen) atoms. The molecule has 3 heterocycles. The van der Waals surface area contributed by atoms with Crippen molar-refractivity contribution in [3.05, 3.63) is 102 Å². The lowest BCUT2D eigenvalue weighted by atomic mass is 10.0. The third-order valence-electron chi connectivity index (χ3n) is 5.70.